The number of benzene rings is 1. The van der Waals surface area contributed by atoms with Crippen molar-refractivity contribution in [2.45, 2.75) is 64.5 Å². The highest BCUT2D eigenvalue weighted by atomic mass is 16.3. The van der Waals surface area contributed by atoms with Crippen molar-refractivity contribution in [3.63, 3.8) is 0 Å². The minimum absolute atomic E-state index is 0.414. The van der Waals surface area contributed by atoms with E-state index < -0.39 is 0 Å². The maximum atomic E-state index is 9.89. The van der Waals surface area contributed by atoms with Crippen LogP contribution >= 0.6 is 0 Å². The molecule has 1 atom stereocenters. The Morgan fingerprint density at radius 2 is 1.68 bits per heavy atom. The van der Waals surface area contributed by atoms with Crippen molar-refractivity contribution in [2.75, 3.05) is 0 Å². The van der Waals surface area contributed by atoms with Gasteiger partial charge >= 0.3 is 0 Å². The summed E-state index contributed by atoms with van der Waals surface area (Å²) in [7, 11) is 0. The van der Waals surface area contributed by atoms with Crippen LogP contribution in [-0.4, -0.2) is 11.1 Å². The number of hydrogen-bond donors (Lipinski definition) is 2. The fourth-order valence-corrected chi connectivity index (χ4v) is 6.21. The number of rotatable bonds is 5. The quantitative estimate of drug-likeness (QED) is 0.840. The first-order valence-corrected chi connectivity index (χ1v) is 9.12. The van der Waals surface area contributed by atoms with Gasteiger partial charge in [0.2, 0.25) is 0 Å². The second-order valence-corrected chi connectivity index (χ2v) is 8.53. The summed E-state index contributed by atoms with van der Waals surface area (Å²) in [4.78, 5) is 0. The second kappa shape index (κ2) is 5.56. The van der Waals surface area contributed by atoms with Gasteiger partial charge in [0.05, 0.1) is 0 Å². The van der Waals surface area contributed by atoms with Crippen LogP contribution < -0.4 is 5.32 Å². The number of phenolic OH excluding ortho intramolecular Hbond substituents is 1. The molecule has 0 spiro atoms. The van der Waals surface area contributed by atoms with Crippen LogP contribution in [0.1, 0.15) is 57.4 Å². The van der Waals surface area contributed by atoms with Gasteiger partial charge in [-0.15, -0.1) is 0 Å². The molecule has 2 N–H and O–H groups in total. The van der Waals surface area contributed by atoms with Gasteiger partial charge in [-0.2, -0.15) is 0 Å². The van der Waals surface area contributed by atoms with Crippen LogP contribution in [0.2, 0.25) is 0 Å². The Bertz CT molecular complexity index is 503. The average molecular weight is 299 g/mol. The Labute approximate surface area is 134 Å². The molecule has 0 heterocycles. The highest BCUT2D eigenvalue weighted by molar-refractivity contribution is 5.31. The van der Waals surface area contributed by atoms with Crippen LogP contribution in [0, 0.1) is 23.2 Å². The average Bonchev–Trinajstić information content (AvgIpc) is 2.44. The lowest BCUT2D eigenvalue weighted by atomic mass is 9.48. The molecular formula is C20H29NO. The van der Waals surface area contributed by atoms with Crippen LogP contribution in [0.5, 0.6) is 5.75 Å². The molecule has 4 saturated carbocycles. The van der Waals surface area contributed by atoms with E-state index in [1.165, 1.54) is 44.9 Å². The zero-order chi connectivity index (χ0) is 15.2. The lowest BCUT2D eigenvalue weighted by molar-refractivity contribution is -0.0612. The van der Waals surface area contributed by atoms with E-state index in [0.29, 0.717) is 17.2 Å². The first-order valence-electron chi connectivity index (χ1n) is 9.12. The number of hydrogen-bond acceptors (Lipinski definition) is 2. The predicted octanol–water partition coefficient (Wildman–Crippen LogP) is 4.48. The minimum atomic E-state index is 0.414. The Balaban J connectivity index is 1.36. The van der Waals surface area contributed by atoms with E-state index in [4.69, 9.17) is 0 Å². The highest BCUT2D eigenvalue weighted by Gasteiger charge is 2.50. The van der Waals surface area contributed by atoms with E-state index in [1.807, 2.05) is 18.2 Å². The molecule has 1 aromatic rings. The fourth-order valence-electron chi connectivity index (χ4n) is 6.21. The summed E-state index contributed by atoms with van der Waals surface area (Å²) in [5.41, 5.74) is 1.65. The molecule has 0 amide bonds. The van der Waals surface area contributed by atoms with Crippen LogP contribution in [0.4, 0.5) is 0 Å². The van der Waals surface area contributed by atoms with Crippen LogP contribution in [-0.2, 0) is 6.54 Å². The molecule has 0 unspecified atom stereocenters. The molecule has 4 fully saturated rings. The predicted molar refractivity (Wildman–Crippen MR) is 89.6 cm³/mol. The van der Waals surface area contributed by atoms with Gasteiger partial charge in [-0.1, -0.05) is 18.2 Å². The fraction of sp³-hybridized carbons (Fsp3) is 0.700. The minimum Gasteiger partial charge on any atom is -0.508 e. The summed E-state index contributed by atoms with van der Waals surface area (Å²) in [6, 6.07) is 8.22. The first kappa shape index (κ1) is 14.6. The smallest absolute Gasteiger partial charge is 0.120 e. The Morgan fingerprint density at radius 1 is 1.09 bits per heavy atom. The molecule has 0 saturated heterocycles. The summed E-state index contributed by atoms with van der Waals surface area (Å²) < 4.78 is 0. The van der Waals surface area contributed by atoms with Gasteiger partial charge in [0.1, 0.15) is 5.75 Å². The van der Waals surface area contributed by atoms with Crippen LogP contribution in [0.25, 0.3) is 0 Å². The second-order valence-electron chi connectivity index (χ2n) is 8.53. The summed E-state index contributed by atoms with van der Waals surface area (Å²) in [5.74, 6) is 3.53. The van der Waals surface area contributed by atoms with Crippen molar-refractivity contribution in [3.05, 3.63) is 29.8 Å². The Morgan fingerprint density at radius 3 is 2.27 bits per heavy atom. The van der Waals surface area contributed by atoms with Crippen LogP contribution in [0.3, 0.4) is 0 Å². The van der Waals surface area contributed by atoms with Crippen molar-refractivity contribution in [3.8, 4) is 5.75 Å². The van der Waals surface area contributed by atoms with Gasteiger partial charge in [-0.05, 0) is 81.1 Å². The summed E-state index contributed by atoms with van der Waals surface area (Å²) in [6.07, 6.45) is 10.4. The summed E-state index contributed by atoms with van der Waals surface area (Å²) >= 11 is 0. The van der Waals surface area contributed by atoms with Gasteiger partial charge in [-0.3, -0.25) is 0 Å². The normalized spacial score (nSPS) is 37.4. The molecule has 0 radical (unpaired) electrons. The largest absolute Gasteiger partial charge is 0.508 e. The number of nitrogens with one attached hydrogen (secondary N) is 1. The first-order chi connectivity index (χ1) is 10.6. The molecule has 1 aromatic carbocycles. The lowest BCUT2D eigenvalue weighted by Gasteiger charge is -2.57. The highest BCUT2D eigenvalue weighted by Crippen LogP contribution is 2.61. The van der Waals surface area contributed by atoms with E-state index in [2.05, 4.69) is 12.2 Å². The van der Waals surface area contributed by atoms with Gasteiger partial charge in [-0.25, -0.2) is 0 Å². The Hall–Kier alpha value is -1.02. The zero-order valence-corrected chi connectivity index (χ0v) is 13.7. The van der Waals surface area contributed by atoms with E-state index >= 15 is 0 Å². The van der Waals surface area contributed by atoms with Gasteiger partial charge in [0.15, 0.2) is 0 Å². The topological polar surface area (TPSA) is 32.3 Å². The standard InChI is InChI=1S/C20H29NO/c1-14(21-13-18-4-2-3-5-19(18)22)9-20-10-15-6-16(11-20)8-17(7-15)12-20/h2-5,14-17,21-22H,6-13H2,1H3/t14-,15?,16?,17?,20?/m0/s1. The molecule has 120 valence electrons. The van der Waals surface area contributed by atoms with Crippen molar-refractivity contribution in [1.29, 1.82) is 0 Å². The molecule has 22 heavy (non-hydrogen) atoms. The SMILES string of the molecule is C[C@@H](CC12CC3CC(CC(C3)C1)C2)NCc1ccccc1O. The van der Waals surface area contributed by atoms with Crippen molar-refractivity contribution < 1.29 is 5.11 Å². The van der Waals surface area contributed by atoms with Gasteiger partial charge < -0.3 is 10.4 Å². The van der Waals surface area contributed by atoms with E-state index in [0.717, 1.165) is 29.9 Å². The molecule has 4 aliphatic carbocycles. The third-order valence-corrected chi connectivity index (χ3v) is 6.54. The number of para-hydroxylation sites is 1. The maximum absolute atomic E-state index is 9.89. The molecule has 4 aliphatic rings. The van der Waals surface area contributed by atoms with Crippen molar-refractivity contribution in [1.82, 2.24) is 5.32 Å². The van der Waals surface area contributed by atoms with E-state index in [1.54, 1.807) is 6.07 Å². The van der Waals surface area contributed by atoms with Crippen molar-refractivity contribution in [2.24, 2.45) is 23.2 Å². The maximum Gasteiger partial charge on any atom is 0.120 e. The van der Waals surface area contributed by atoms with Crippen LogP contribution in [0.15, 0.2) is 24.3 Å². The van der Waals surface area contributed by atoms with Gasteiger partial charge in [0.25, 0.3) is 0 Å². The third-order valence-electron chi connectivity index (χ3n) is 6.54. The number of aromatic hydroxyl groups is 1. The summed E-state index contributed by atoms with van der Waals surface area (Å²) in [6.45, 7) is 3.11. The van der Waals surface area contributed by atoms with E-state index in [-0.39, 0.29) is 0 Å². The summed E-state index contributed by atoms with van der Waals surface area (Å²) in [5, 5.41) is 13.5. The van der Waals surface area contributed by atoms with Gasteiger partial charge in [0, 0.05) is 18.2 Å². The molecule has 0 aromatic heterocycles. The Kier molecular flexibility index (Phi) is 3.68. The molecule has 2 nitrogen and oxygen atoms in total. The van der Waals surface area contributed by atoms with Crippen molar-refractivity contribution >= 4 is 0 Å². The number of phenols is 1. The van der Waals surface area contributed by atoms with E-state index in [9.17, 15) is 5.11 Å². The molecule has 0 aliphatic heterocycles. The third kappa shape index (κ3) is 2.78. The molecule has 5 rings (SSSR count). The monoisotopic (exact) mass is 299 g/mol. The molecule has 2 heteroatoms. The molecular weight excluding hydrogens is 270 g/mol. The molecule has 4 bridgehead atoms. The lowest BCUT2D eigenvalue weighted by Crippen LogP contribution is -2.48. The zero-order valence-electron chi connectivity index (χ0n) is 13.7.